The van der Waals surface area contributed by atoms with E-state index in [1.54, 1.807) is 18.2 Å². The van der Waals surface area contributed by atoms with Gasteiger partial charge in [0.25, 0.3) is 0 Å². The van der Waals surface area contributed by atoms with Crippen LogP contribution in [-0.4, -0.2) is 11.4 Å². The lowest BCUT2D eigenvalue weighted by molar-refractivity contribution is 0.0230. The van der Waals surface area contributed by atoms with Crippen LogP contribution in [-0.2, 0) is 0 Å². The van der Waals surface area contributed by atoms with E-state index in [9.17, 15) is 5.11 Å². The predicted octanol–water partition coefficient (Wildman–Crippen LogP) is 1.30. The molecule has 0 aliphatic carbocycles. The van der Waals surface area contributed by atoms with Gasteiger partial charge in [-0.1, -0.05) is 0 Å². The molecule has 3 N–H and O–H groups in total. The van der Waals surface area contributed by atoms with Gasteiger partial charge in [0.1, 0.15) is 5.75 Å². The lowest BCUT2D eigenvalue weighted by atomic mass is 10.0. The molecule has 1 atom stereocenters. The molecule has 3 nitrogen and oxygen atoms in total. The monoisotopic (exact) mass is 177 g/mol. The van der Waals surface area contributed by atoms with Crippen LogP contribution < -0.4 is 10.5 Å². The van der Waals surface area contributed by atoms with Crippen molar-refractivity contribution in [1.29, 1.82) is 0 Å². The van der Waals surface area contributed by atoms with Crippen molar-refractivity contribution in [3.8, 4) is 5.75 Å². The molecule has 0 aromatic heterocycles. The van der Waals surface area contributed by atoms with Crippen molar-refractivity contribution < 1.29 is 9.84 Å². The van der Waals surface area contributed by atoms with Crippen molar-refractivity contribution in [2.75, 3.05) is 5.73 Å². The van der Waals surface area contributed by atoms with Crippen LogP contribution in [0.5, 0.6) is 5.75 Å². The molecule has 0 saturated heterocycles. The second kappa shape index (κ2) is 2.78. The maximum atomic E-state index is 9.18. The quantitative estimate of drug-likeness (QED) is 0.587. The molecule has 0 fully saturated rings. The van der Waals surface area contributed by atoms with Gasteiger partial charge >= 0.3 is 0 Å². The summed E-state index contributed by atoms with van der Waals surface area (Å²) in [5.74, 6) is 0.682. The van der Waals surface area contributed by atoms with Crippen molar-refractivity contribution >= 4 is 11.8 Å². The number of hydrogen-bond acceptors (Lipinski definition) is 3. The molecule has 68 valence electrons. The molecule has 0 saturated carbocycles. The van der Waals surface area contributed by atoms with E-state index in [1.165, 1.54) is 0 Å². The van der Waals surface area contributed by atoms with Crippen molar-refractivity contribution in [2.24, 2.45) is 0 Å². The summed E-state index contributed by atoms with van der Waals surface area (Å²) < 4.78 is 5.18. The van der Waals surface area contributed by atoms with Crippen molar-refractivity contribution in [1.82, 2.24) is 0 Å². The highest BCUT2D eigenvalue weighted by atomic mass is 16.6. The Morgan fingerprint density at radius 3 is 3.00 bits per heavy atom. The van der Waals surface area contributed by atoms with Gasteiger partial charge in [-0.3, -0.25) is 0 Å². The minimum absolute atomic E-state index is 0.682. The molecule has 0 bridgehead atoms. The Kier molecular flexibility index (Phi) is 1.74. The van der Waals surface area contributed by atoms with E-state index in [2.05, 4.69) is 0 Å². The number of fused-ring (bicyclic) bond motifs is 1. The zero-order chi connectivity index (χ0) is 9.42. The lowest BCUT2D eigenvalue weighted by Gasteiger charge is -2.19. The van der Waals surface area contributed by atoms with Gasteiger partial charge in [0.2, 0.25) is 6.29 Å². The average molecular weight is 177 g/mol. The Bertz CT molecular complexity index is 371. The smallest absolute Gasteiger partial charge is 0.217 e. The summed E-state index contributed by atoms with van der Waals surface area (Å²) in [5, 5.41) is 9.18. The van der Waals surface area contributed by atoms with Crippen LogP contribution in [0.25, 0.3) is 6.08 Å². The summed E-state index contributed by atoms with van der Waals surface area (Å²) in [7, 11) is 0. The minimum atomic E-state index is -0.837. The zero-order valence-corrected chi connectivity index (χ0v) is 7.32. The second-order valence-electron chi connectivity index (χ2n) is 3.06. The lowest BCUT2D eigenvalue weighted by Crippen LogP contribution is -2.16. The third-order valence-electron chi connectivity index (χ3n) is 2.19. The number of nitrogen functional groups attached to an aromatic ring is 1. The molecular formula is C10H11NO2. The van der Waals surface area contributed by atoms with E-state index < -0.39 is 6.29 Å². The van der Waals surface area contributed by atoms with Gasteiger partial charge in [0.15, 0.2) is 0 Å². The Labute approximate surface area is 76.4 Å². The van der Waals surface area contributed by atoms with Crippen LogP contribution in [0.4, 0.5) is 5.69 Å². The highest BCUT2D eigenvalue weighted by Gasteiger charge is 2.14. The minimum Gasteiger partial charge on any atom is -0.461 e. The molecule has 0 spiro atoms. The third-order valence-corrected chi connectivity index (χ3v) is 2.19. The molecule has 1 aliphatic rings. The SMILES string of the molecule is Cc1c(N)ccc2c1C=CC(O)O2. The fourth-order valence-electron chi connectivity index (χ4n) is 1.38. The largest absolute Gasteiger partial charge is 0.461 e. The summed E-state index contributed by atoms with van der Waals surface area (Å²) in [6, 6.07) is 3.55. The molecule has 1 aromatic carbocycles. The highest BCUT2D eigenvalue weighted by Crippen LogP contribution is 2.31. The van der Waals surface area contributed by atoms with Crippen molar-refractivity contribution in [3.05, 3.63) is 29.3 Å². The molecule has 1 heterocycles. The molecular weight excluding hydrogens is 166 g/mol. The fraction of sp³-hybridized carbons (Fsp3) is 0.200. The summed E-state index contributed by atoms with van der Waals surface area (Å²) in [6.45, 7) is 1.93. The first kappa shape index (κ1) is 8.13. The van der Waals surface area contributed by atoms with E-state index >= 15 is 0 Å². The molecule has 1 unspecified atom stereocenters. The van der Waals surface area contributed by atoms with Crippen LogP contribution >= 0.6 is 0 Å². The Hall–Kier alpha value is -1.48. The molecule has 3 heteroatoms. The molecule has 0 amide bonds. The summed E-state index contributed by atoms with van der Waals surface area (Å²) in [6.07, 6.45) is 2.58. The third kappa shape index (κ3) is 1.27. The van der Waals surface area contributed by atoms with Gasteiger partial charge in [-0.05, 0) is 36.8 Å². The van der Waals surface area contributed by atoms with Crippen LogP contribution in [0.1, 0.15) is 11.1 Å². The van der Waals surface area contributed by atoms with E-state index in [4.69, 9.17) is 10.5 Å². The Balaban J connectivity index is 2.57. The maximum absolute atomic E-state index is 9.18. The molecule has 1 aromatic rings. The number of anilines is 1. The Morgan fingerprint density at radius 1 is 1.46 bits per heavy atom. The van der Waals surface area contributed by atoms with Crippen molar-refractivity contribution in [3.63, 3.8) is 0 Å². The molecule has 1 aliphatic heterocycles. The molecule has 0 radical (unpaired) electrons. The number of nitrogens with two attached hydrogens (primary N) is 1. The topological polar surface area (TPSA) is 55.5 Å². The zero-order valence-electron chi connectivity index (χ0n) is 7.32. The van der Waals surface area contributed by atoms with E-state index in [1.807, 2.05) is 13.0 Å². The number of ether oxygens (including phenoxy) is 1. The van der Waals surface area contributed by atoms with Gasteiger partial charge in [-0.25, -0.2) is 0 Å². The second-order valence-corrected chi connectivity index (χ2v) is 3.06. The van der Waals surface area contributed by atoms with Crippen molar-refractivity contribution in [2.45, 2.75) is 13.2 Å². The number of aliphatic hydroxyl groups is 1. The van der Waals surface area contributed by atoms with Gasteiger partial charge < -0.3 is 15.6 Å². The maximum Gasteiger partial charge on any atom is 0.217 e. The van der Waals surface area contributed by atoms with Gasteiger partial charge in [0, 0.05) is 11.3 Å². The fourth-order valence-corrected chi connectivity index (χ4v) is 1.38. The van der Waals surface area contributed by atoms with Crippen LogP contribution in [0.2, 0.25) is 0 Å². The van der Waals surface area contributed by atoms with E-state index in [-0.39, 0.29) is 0 Å². The number of benzene rings is 1. The average Bonchev–Trinajstić information content (AvgIpc) is 2.12. The molecule has 2 rings (SSSR count). The number of aliphatic hydroxyl groups excluding tert-OH is 1. The van der Waals surface area contributed by atoms with Crippen LogP contribution in [0, 0.1) is 6.92 Å². The summed E-state index contributed by atoms with van der Waals surface area (Å²) >= 11 is 0. The number of rotatable bonds is 0. The van der Waals surface area contributed by atoms with Gasteiger partial charge in [-0.2, -0.15) is 0 Å². The first-order valence-corrected chi connectivity index (χ1v) is 4.10. The van der Waals surface area contributed by atoms with Crippen LogP contribution in [0.15, 0.2) is 18.2 Å². The van der Waals surface area contributed by atoms with Gasteiger partial charge in [0.05, 0.1) is 0 Å². The van der Waals surface area contributed by atoms with Crippen LogP contribution in [0.3, 0.4) is 0 Å². The number of hydrogen-bond donors (Lipinski definition) is 2. The Morgan fingerprint density at radius 2 is 2.23 bits per heavy atom. The predicted molar refractivity (Wildman–Crippen MR) is 51.3 cm³/mol. The van der Waals surface area contributed by atoms with E-state index in [0.717, 1.165) is 16.8 Å². The first-order chi connectivity index (χ1) is 6.18. The van der Waals surface area contributed by atoms with E-state index in [0.29, 0.717) is 5.75 Å². The highest BCUT2D eigenvalue weighted by molar-refractivity contribution is 5.69. The van der Waals surface area contributed by atoms with Gasteiger partial charge in [-0.15, -0.1) is 0 Å². The normalized spacial score (nSPS) is 19.4. The standard InChI is InChI=1S/C10H11NO2/c1-6-7-2-5-10(12)13-9(7)4-3-8(6)11/h2-5,10,12H,11H2,1H3. The summed E-state index contributed by atoms with van der Waals surface area (Å²) in [4.78, 5) is 0. The first-order valence-electron chi connectivity index (χ1n) is 4.10. The summed E-state index contributed by atoms with van der Waals surface area (Å²) in [5.41, 5.74) is 8.40. The molecule has 13 heavy (non-hydrogen) atoms.